The number of aromatic nitrogens is 4. The van der Waals surface area contributed by atoms with E-state index in [1.165, 1.54) is 0 Å². The van der Waals surface area contributed by atoms with Crippen LogP contribution >= 0.6 is 0 Å². The molecule has 32 heavy (non-hydrogen) atoms. The van der Waals surface area contributed by atoms with Crippen LogP contribution in [0.4, 0.5) is 5.82 Å². The van der Waals surface area contributed by atoms with Gasteiger partial charge in [0.2, 0.25) is 5.91 Å². The molecular formula is C23H27N7O2. The predicted molar refractivity (Wildman–Crippen MR) is 121 cm³/mol. The van der Waals surface area contributed by atoms with Crippen LogP contribution in [0, 0.1) is 0 Å². The van der Waals surface area contributed by atoms with E-state index >= 15 is 0 Å². The molecule has 0 unspecified atom stereocenters. The molecule has 2 fully saturated rings. The summed E-state index contributed by atoms with van der Waals surface area (Å²) >= 11 is 0. The topological polar surface area (TPSA) is 124 Å². The maximum Gasteiger partial charge on any atom is 0.223 e. The van der Waals surface area contributed by atoms with Gasteiger partial charge in [0, 0.05) is 55.5 Å². The zero-order valence-corrected chi connectivity index (χ0v) is 17.9. The average molecular weight is 434 g/mol. The predicted octanol–water partition coefficient (Wildman–Crippen LogP) is 2.16. The van der Waals surface area contributed by atoms with Gasteiger partial charge >= 0.3 is 0 Å². The van der Waals surface area contributed by atoms with Gasteiger partial charge in [-0.3, -0.25) is 9.89 Å². The molecule has 0 radical (unpaired) electrons. The van der Waals surface area contributed by atoms with E-state index in [0.29, 0.717) is 24.2 Å². The van der Waals surface area contributed by atoms with Crippen molar-refractivity contribution in [2.45, 2.75) is 31.2 Å². The molecule has 1 spiro atoms. The van der Waals surface area contributed by atoms with Crippen molar-refractivity contribution in [1.82, 2.24) is 25.3 Å². The molecule has 1 amide bonds. The SMILES string of the molecule is NCCC(=O)N1CCC2(CC1)CCN2c1ccc(-c2ccc(-c3cn[nH]c3)cc2O)nn1. The molecule has 9 heteroatoms. The van der Waals surface area contributed by atoms with Crippen molar-refractivity contribution < 1.29 is 9.90 Å². The zero-order valence-electron chi connectivity index (χ0n) is 17.9. The average Bonchev–Trinajstić information content (AvgIpc) is 3.34. The minimum absolute atomic E-state index is 0.0596. The van der Waals surface area contributed by atoms with Crippen LogP contribution in [-0.4, -0.2) is 68.0 Å². The first-order chi connectivity index (χ1) is 15.6. The number of nitrogens with one attached hydrogen (secondary N) is 1. The van der Waals surface area contributed by atoms with E-state index < -0.39 is 0 Å². The van der Waals surface area contributed by atoms with Crippen molar-refractivity contribution in [1.29, 1.82) is 0 Å². The lowest BCUT2D eigenvalue weighted by molar-refractivity contribution is -0.132. The van der Waals surface area contributed by atoms with Gasteiger partial charge in [-0.2, -0.15) is 5.10 Å². The fourth-order valence-corrected chi connectivity index (χ4v) is 4.82. The number of hydrogen-bond acceptors (Lipinski definition) is 7. The molecule has 1 aromatic carbocycles. The first kappa shape index (κ1) is 20.4. The maximum atomic E-state index is 12.1. The number of amides is 1. The largest absolute Gasteiger partial charge is 0.507 e. The number of carbonyl (C=O) groups excluding carboxylic acids is 1. The molecule has 0 bridgehead atoms. The number of H-pyrrole nitrogens is 1. The Bertz CT molecular complexity index is 1090. The Hall–Kier alpha value is -3.46. The number of nitrogens with two attached hydrogens (primary N) is 1. The van der Waals surface area contributed by atoms with Crippen molar-refractivity contribution >= 4 is 11.7 Å². The highest BCUT2D eigenvalue weighted by molar-refractivity contribution is 5.76. The lowest BCUT2D eigenvalue weighted by Crippen LogP contribution is -2.65. The van der Waals surface area contributed by atoms with Gasteiger partial charge in [0.05, 0.1) is 11.9 Å². The van der Waals surface area contributed by atoms with Gasteiger partial charge in [0.1, 0.15) is 5.75 Å². The molecule has 4 N–H and O–H groups in total. The zero-order chi connectivity index (χ0) is 22.1. The van der Waals surface area contributed by atoms with Gasteiger partial charge in [0.25, 0.3) is 0 Å². The smallest absolute Gasteiger partial charge is 0.223 e. The fourth-order valence-electron chi connectivity index (χ4n) is 4.82. The third-order valence-electron chi connectivity index (χ3n) is 6.81. The van der Waals surface area contributed by atoms with E-state index in [1.54, 1.807) is 18.5 Å². The van der Waals surface area contributed by atoms with Crippen LogP contribution in [0.5, 0.6) is 5.75 Å². The summed E-state index contributed by atoms with van der Waals surface area (Å²) in [7, 11) is 0. The summed E-state index contributed by atoms with van der Waals surface area (Å²) in [6.45, 7) is 2.86. The van der Waals surface area contributed by atoms with Gasteiger partial charge in [-0.1, -0.05) is 6.07 Å². The number of carbonyl (C=O) groups is 1. The summed E-state index contributed by atoms with van der Waals surface area (Å²) in [5.74, 6) is 1.15. The molecule has 2 saturated heterocycles. The molecule has 0 saturated carbocycles. The number of phenolic OH excluding ortho intramolecular Hbond substituents is 1. The maximum absolute atomic E-state index is 12.1. The van der Waals surface area contributed by atoms with Crippen LogP contribution in [0.3, 0.4) is 0 Å². The number of aromatic amines is 1. The second-order valence-electron chi connectivity index (χ2n) is 8.54. The van der Waals surface area contributed by atoms with Crippen molar-refractivity contribution in [3.8, 4) is 28.1 Å². The summed E-state index contributed by atoms with van der Waals surface area (Å²) in [5.41, 5.74) is 8.64. The van der Waals surface area contributed by atoms with Gasteiger partial charge in [-0.15, -0.1) is 10.2 Å². The Morgan fingerprint density at radius 1 is 1.09 bits per heavy atom. The molecule has 5 rings (SSSR count). The molecule has 0 atom stereocenters. The molecular weight excluding hydrogens is 406 g/mol. The van der Waals surface area contributed by atoms with Gasteiger partial charge in [-0.25, -0.2) is 0 Å². The van der Waals surface area contributed by atoms with Crippen molar-refractivity contribution in [2.75, 3.05) is 31.1 Å². The molecule has 2 aliphatic heterocycles. The number of hydrogen-bond donors (Lipinski definition) is 3. The number of anilines is 1. The summed E-state index contributed by atoms with van der Waals surface area (Å²) in [6, 6.07) is 9.36. The molecule has 166 valence electrons. The number of rotatable bonds is 5. The Balaban J connectivity index is 1.29. The first-order valence-electron chi connectivity index (χ1n) is 11.0. The van der Waals surface area contributed by atoms with Crippen LogP contribution in [0.15, 0.2) is 42.7 Å². The van der Waals surface area contributed by atoms with Crippen LogP contribution in [0.1, 0.15) is 25.7 Å². The van der Waals surface area contributed by atoms with Crippen molar-refractivity contribution in [3.63, 3.8) is 0 Å². The summed E-state index contributed by atoms with van der Waals surface area (Å²) in [6.07, 6.45) is 6.88. The first-order valence-corrected chi connectivity index (χ1v) is 11.0. The number of nitrogens with zero attached hydrogens (tertiary/aromatic N) is 5. The molecule has 2 aromatic heterocycles. The summed E-state index contributed by atoms with van der Waals surface area (Å²) in [5, 5.41) is 26.1. The Morgan fingerprint density at radius 3 is 2.50 bits per heavy atom. The van der Waals surface area contributed by atoms with E-state index in [1.807, 2.05) is 29.2 Å². The summed E-state index contributed by atoms with van der Waals surface area (Å²) in [4.78, 5) is 16.4. The lowest BCUT2D eigenvalue weighted by Gasteiger charge is -2.57. The second-order valence-corrected chi connectivity index (χ2v) is 8.54. The van der Waals surface area contributed by atoms with Crippen molar-refractivity contribution in [2.24, 2.45) is 5.73 Å². The van der Waals surface area contributed by atoms with E-state index in [-0.39, 0.29) is 17.2 Å². The standard InChI is InChI=1S/C23H27N7O2/c24-9-5-22(32)29-10-6-23(7-11-29)8-12-30(23)21-4-3-19(27-28-21)18-2-1-16(13-20(18)31)17-14-25-26-15-17/h1-4,13-15,31H,5-12,24H2,(H,25,26). The van der Waals surface area contributed by atoms with E-state index in [0.717, 1.165) is 55.8 Å². The molecule has 9 nitrogen and oxygen atoms in total. The molecule has 2 aliphatic rings. The van der Waals surface area contributed by atoms with Crippen LogP contribution < -0.4 is 10.6 Å². The molecule has 0 aliphatic carbocycles. The number of aromatic hydroxyl groups is 1. The third-order valence-corrected chi connectivity index (χ3v) is 6.81. The highest BCUT2D eigenvalue weighted by Crippen LogP contribution is 2.42. The van der Waals surface area contributed by atoms with Crippen molar-refractivity contribution in [3.05, 3.63) is 42.7 Å². The second kappa shape index (κ2) is 8.23. The van der Waals surface area contributed by atoms with Crippen LogP contribution in [0.2, 0.25) is 0 Å². The Kier molecular flexibility index (Phi) is 5.26. The molecule has 3 aromatic rings. The molecule has 4 heterocycles. The quantitative estimate of drug-likeness (QED) is 0.563. The summed E-state index contributed by atoms with van der Waals surface area (Å²) < 4.78 is 0. The number of likely N-dealkylation sites (tertiary alicyclic amines) is 1. The highest BCUT2D eigenvalue weighted by atomic mass is 16.3. The van der Waals surface area contributed by atoms with E-state index in [9.17, 15) is 9.90 Å². The third kappa shape index (κ3) is 3.58. The van der Waals surface area contributed by atoms with E-state index in [2.05, 4.69) is 25.3 Å². The highest BCUT2D eigenvalue weighted by Gasteiger charge is 2.47. The van der Waals surface area contributed by atoms with E-state index in [4.69, 9.17) is 5.73 Å². The fraction of sp³-hybridized carbons (Fsp3) is 0.391. The normalized spacial score (nSPS) is 17.4. The number of piperidine rings is 1. The number of benzene rings is 1. The minimum atomic E-state index is 0.0596. The van der Waals surface area contributed by atoms with Gasteiger partial charge in [0.15, 0.2) is 5.82 Å². The number of phenols is 1. The monoisotopic (exact) mass is 433 g/mol. The van der Waals surface area contributed by atoms with Crippen LogP contribution in [0.25, 0.3) is 22.4 Å². The van der Waals surface area contributed by atoms with Gasteiger partial charge in [-0.05, 0) is 49.1 Å². The van der Waals surface area contributed by atoms with Crippen LogP contribution in [-0.2, 0) is 4.79 Å². The Labute approximate surface area is 186 Å². The minimum Gasteiger partial charge on any atom is -0.507 e. The lowest BCUT2D eigenvalue weighted by atomic mass is 9.76. The van der Waals surface area contributed by atoms with Gasteiger partial charge < -0.3 is 20.6 Å². The Morgan fingerprint density at radius 2 is 1.91 bits per heavy atom.